The van der Waals surface area contributed by atoms with E-state index < -0.39 is 10.9 Å². The molecule has 0 saturated heterocycles. The zero-order valence-electron chi connectivity index (χ0n) is 15.3. The highest BCUT2D eigenvalue weighted by molar-refractivity contribution is 9.10. The minimum absolute atomic E-state index is 0.404. The van der Waals surface area contributed by atoms with Gasteiger partial charge in [0.1, 0.15) is 16.0 Å². The summed E-state index contributed by atoms with van der Waals surface area (Å²) in [7, 11) is 0. The second-order valence-electron chi connectivity index (χ2n) is 6.01. The van der Waals surface area contributed by atoms with E-state index in [1.54, 1.807) is 36.2 Å². The molecule has 11 heteroatoms. The van der Waals surface area contributed by atoms with Gasteiger partial charge in [-0.25, -0.2) is 9.97 Å². The quantitative estimate of drug-likeness (QED) is 0.229. The third kappa shape index (κ3) is 5.21. The van der Waals surface area contributed by atoms with Crippen molar-refractivity contribution in [2.45, 2.75) is 18.4 Å². The summed E-state index contributed by atoms with van der Waals surface area (Å²) in [6.07, 6.45) is 3.34. The fourth-order valence-electron chi connectivity index (χ4n) is 2.51. The van der Waals surface area contributed by atoms with E-state index in [4.69, 9.17) is 0 Å². The third-order valence-electron chi connectivity index (χ3n) is 4.09. The summed E-state index contributed by atoms with van der Waals surface area (Å²) in [5.41, 5.74) is 3.08. The van der Waals surface area contributed by atoms with Crippen molar-refractivity contribution in [1.29, 1.82) is 0 Å². The second-order valence-corrected chi connectivity index (χ2v) is 8.97. The molecule has 0 saturated carbocycles. The average molecular weight is 485 g/mol. The van der Waals surface area contributed by atoms with E-state index in [1.807, 2.05) is 6.92 Å². The molecule has 0 radical (unpaired) electrons. The number of thioether (sulfide) groups is 2. The van der Waals surface area contributed by atoms with Crippen molar-refractivity contribution in [3.05, 3.63) is 54.8 Å². The van der Waals surface area contributed by atoms with Crippen molar-refractivity contribution in [1.82, 2.24) is 19.9 Å². The number of hydrogen-bond acceptors (Lipinski definition) is 8. The summed E-state index contributed by atoms with van der Waals surface area (Å²) in [4.78, 5) is 38.1. The van der Waals surface area contributed by atoms with E-state index in [9.17, 15) is 9.59 Å². The Balaban J connectivity index is 1.35. The van der Waals surface area contributed by atoms with Gasteiger partial charge in [0, 0.05) is 41.8 Å². The molecule has 3 aromatic rings. The molecular formula is C17H21BrN6O2S2. The molecule has 150 valence electrons. The van der Waals surface area contributed by atoms with E-state index in [2.05, 4.69) is 46.5 Å². The molecule has 0 fully saturated rings. The number of hydrogen-bond donors (Lipinski definition) is 4. The van der Waals surface area contributed by atoms with Crippen molar-refractivity contribution in [3.8, 4) is 0 Å². The Morgan fingerprint density at radius 2 is 1.57 bits per heavy atom. The molecule has 4 N–H and O–H groups in total. The number of nitrogens with one attached hydrogen (secondary N) is 4. The first-order valence-corrected chi connectivity index (χ1v) is 11.8. The number of halogens is 1. The van der Waals surface area contributed by atoms with Gasteiger partial charge in [-0.3, -0.25) is 9.59 Å². The van der Waals surface area contributed by atoms with Gasteiger partial charge in [0.25, 0.3) is 10.9 Å². The zero-order chi connectivity index (χ0) is 19.9. The van der Waals surface area contributed by atoms with Gasteiger partial charge in [-0.05, 0) is 22.9 Å². The summed E-state index contributed by atoms with van der Waals surface area (Å²) in [6, 6.07) is 0. The maximum Gasteiger partial charge on any atom is 0.253 e. The Kier molecular flexibility index (Phi) is 7.63. The summed E-state index contributed by atoms with van der Waals surface area (Å²) >= 11 is 6.82. The lowest BCUT2D eigenvalue weighted by molar-refractivity contribution is 1.14. The van der Waals surface area contributed by atoms with Gasteiger partial charge in [-0.15, -0.1) is 0 Å². The van der Waals surface area contributed by atoms with E-state index in [-0.39, 0.29) is 0 Å². The van der Waals surface area contributed by atoms with Crippen LogP contribution in [0.1, 0.15) is 17.1 Å². The molecular weight excluding hydrogens is 464 g/mol. The van der Waals surface area contributed by atoms with E-state index in [0.717, 1.165) is 44.7 Å². The van der Waals surface area contributed by atoms with Crippen LogP contribution in [0.2, 0.25) is 0 Å². The van der Waals surface area contributed by atoms with E-state index in [0.29, 0.717) is 24.5 Å². The van der Waals surface area contributed by atoms with Crippen LogP contribution in [0.15, 0.2) is 26.8 Å². The van der Waals surface area contributed by atoms with Crippen molar-refractivity contribution < 1.29 is 0 Å². The number of rotatable bonds is 12. The van der Waals surface area contributed by atoms with Crippen LogP contribution in [0.25, 0.3) is 0 Å². The van der Waals surface area contributed by atoms with Crippen LogP contribution in [0.4, 0.5) is 11.4 Å². The molecule has 2 aromatic heterocycles. The number of aromatic amines is 2. The molecule has 0 spiro atoms. The van der Waals surface area contributed by atoms with Gasteiger partial charge in [0.2, 0.25) is 0 Å². The standard InChI is InChI=1S/C17H21BrN6O2S2/c1-10-11(22-8-21-10)6-27-4-2-19-13-14(16(26)15(13)25)20-3-5-28-7-12-17(18)24-9-23-12/h8-9,19-20H,2-7H2,1H3,(H,21,22)(H,23,24). The lowest BCUT2D eigenvalue weighted by Gasteiger charge is -2.14. The molecule has 0 amide bonds. The molecule has 28 heavy (non-hydrogen) atoms. The van der Waals surface area contributed by atoms with Gasteiger partial charge < -0.3 is 20.6 Å². The molecule has 0 aliphatic carbocycles. The molecule has 1 aromatic carbocycles. The Hall–Kier alpha value is -1.72. The number of H-pyrrole nitrogens is 2. The first-order valence-electron chi connectivity index (χ1n) is 8.71. The molecule has 0 atom stereocenters. The van der Waals surface area contributed by atoms with Crippen molar-refractivity contribution >= 4 is 50.8 Å². The first-order chi connectivity index (χ1) is 13.6. The highest BCUT2D eigenvalue weighted by atomic mass is 79.9. The van der Waals surface area contributed by atoms with Crippen LogP contribution < -0.4 is 21.5 Å². The fourth-order valence-corrected chi connectivity index (χ4v) is 4.74. The SMILES string of the molecule is Cc1[nH]cnc1CSCCNc1c(NCCSCc2[nH]cnc2Br)c(=O)c1=O. The Morgan fingerprint density at radius 1 is 0.964 bits per heavy atom. The number of aryl methyl sites for hydroxylation is 1. The van der Waals surface area contributed by atoms with Gasteiger partial charge in [-0.2, -0.15) is 23.5 Å². The first kappa shape index (κ1) is 21.0. The zero-order valence-corrected chi connectivity index (χ0v) is 18.5. The normalized spacial score (nSPS) is 11.2. The Bertz CT molecular complexity index is 901. The predicted octanol–water partition coefficient (Wildman–Crippen LogP) is 2.49. The van der Waals surface area contributed by atoms with Crippen molar-refractivity contribution in [2.75, 3.05) is 35.2 Å². The molecule has 8 nitrogen and oxygen atoms in total. The summed E-state index contributed by atoms with van der Waals surface area (Å²) in [5.74, 6) is 3.24. The van der Waals surface area contributed by atoms with Gasteiger partial charge in [0.05, 0.1) is 24.0 Å². The molecule has 0 aliphatic rings. The van der Waals surface area contributed by atoms with E-state index >= 15 is 0 Å². The molecule has 0 aliphatic heterocycles. The highest BCUT2D eigenvalue weighted by Crippen LogP contribution is 2.19. The predicted molar refractivity (Wildman–Crippen MR) is 120 cm³/mol. The Labute approximate surface area is 178 Å². The summed E-state index contributed by atoms with van der Waals surface area (Å²) < 4.78 is 0.822. The van der Waals surface area contributed by atoms with Crippen LogP contribution >= 0.6 is 39.5 Å². The van der Waals surface area contributed by atoms with Crippen LogP contribution in [-0.4, -0.2) is 44.5 Å². The maximum atomic E-state index is 11.8. The van der Waals surface area contributed by atoms with Gasteiger partial charge >= 0.3 is 0 Å². The van der Waals surface area contributed by atoms with Gasteiger partial charge in [-0.1, -0.05) is 0 Å². The van der Waals surface area contributed by atoms with Crippen LogP contribution in [0.5, 0.6) is 0 Å². The van der Waals surface area contributed by atoms with Gasteiger partial charge in [0.15, 0.2) is 0 Å². The maximum absolute atomic E-state index is 11.8. The van der Waals surface area contributed by atoms with Crippen molar-refractivity contribution in [3.63, 3.8) is 0 Å². The van der Waals surface area contributed by atoms with Crippen LogP contribution in [-0.2, 0) is 11.5 Å². The lowest BCUT2D eigenvalue weighted by Crippen LogP contribution is -2.38. The minimum Gasteiger partial charge on any atom is -0.379 e. The minimum atomic E-state index is -0.441. The third-order valence-corrected chi connectivity index (χ3v) is 6.73. The lowest BCUT2D eigenvalue weighted by atomic mass is 10.2. The fraction of sp³-hybridized carbons (Fsp3) is 0.412. The molecule has 0 unspecified atom stereocenters. The van der Waals surface area contributed by atoms with E-state index in [1.165, 1.54) is 0 Å². The molecule has 3 rings (SSSR count). The largest absolute Gasteiger partial charge is 0.379 e. The smallest absolute Gasteiger partial charge is 0.253 e. The average Bonchev–Trinajstić information content (AvgIpc) is 3.29. The Morgan fingerprint density at radius 3 is 2.11 bits per heavy atom. The summed E-state index contributed by atoms with van der Waals surface area (Å²) in [5, 5.41) is 6.17. The number of nitrogens with zero attached hydrogens (tertiary/aromatic N) is 2. The molecule has 0 bridgehead atoms. The second kappa shape index (κ2) is 10.2. The number of imidazole rings is 2. The monoisotopic (exact) mass is 484 g/mol. The number of anilines is 2. The topological polar surface area (TPSA) is 116 Å². The highest BCUT2D eigenvalue weighted by Gasteiger charge is 2.19. The van der Waals surface area contributed by atoms with Crippen LogP contribution in [0.3, 0.4) is 0 Å². The summed E-state index contributed by atoms with van der Waals surface area (Å²) in [6.45, 7) is 3.23. The van der Waals surface area contributed by atoms with Crippen LogP contribution in [0, 0.1) is 6.92 Å². The molecule has 2 heterocycles. The number of aromatic nitrogens is 4. The van der Waals surface area contributed by atoms with Crippen molar-refractivity contribution in [2.24, 2.45) is 0 Å².